The van der Waals surface area contributed by atoms with Crippen LogP contribution in [0, 0.1) is 0 Å². The summed E-state index contributed by atoms with van der Waals surface area (Å²) in [6.07, 6.45) is 0. The van der Waals surface area contributed by atoms with Crippen molar-refractivity contribution in [1.82, 2.24) is 10.2 Å². The van der Waals surface area contributed by atoms with Crippen molar-refractivity contribution in [2.45, 2.75) is 0 Å². The van der Waals surface area contributed by atoms with Crippen molar-refractivity contribution in [3.63, 3.8) is 0 Å². The summed E-state index contributed by atoms with van der Waals surface area (Å²) in [4.78, 5) is 0. The van der Waals surface area contributed by atoms with Crippen molar-refractivity contribution < 1.29 is 0 Å². The van der Waals surface area contributed by atoms with Crippen LogP contribution in [0.2, 0.25) is 5.02 Å². The number of hydrogen-bond donors (Lipinski definition) is 2. The van der Waals surface area contributed by atoms with Crippen LogP contribution >= 0.6 is 11.6 Å². The topological polar surface area (TPSA) is 63.8 Å². The predicted molar refractivity (Wildman–Crippen MR) is 77.8 cm³/mol. The maximum Gasteiger partial charge on any atom is 0.170 e. The molecule has 94 valence electrons. The summed E-state index contributed by atoms with van der Waals surface area (Å²) in [7, 11) is 0. The molecule has 3 N–H and O–H groups in total. The molecule has 0 amide bonds. The fourth-order valence-corrected chi connectivity index (χ4v) is 2.16. The van der Waals surface area contributed by atoms with Crippen molar-refractivity contribution in [3.8, 4) is 11.3 Å². The lowest BCUT2D eigenvalue weighted by atomic mass is 10.0. The zero-order valence-electron chi connectivity index (χ0n) is 9.97. The van der Waals surface area contributed by atoms with Gasteiger partial charge in [-0.05, 0) is 12.1 Å². The Labute approximate surface area is 115 Å². The Morgan fingerprint density at radius 3 is 2.26 bits per heavy atom. The van der Waals surface area contributed by atoms with Crippen molar-refractivity contribution in [2.75, 3.05) is 5.43 Å². The lowest BCUT2D eigenvalue weighted by Crippen LogP contribution is -2.10. The third kappa shape index (κ3) is 2.12. The third-order valence-electron chi connectivity index (χ3n) is 2.94. The summed E-state index contributed by atoms with van der Waals surface area (Å²) in [5.74, 6) is 6.02. The highest BCUT2D eigenvalue weighted by molar-refractivity contribution is 6.30. The second-order valence-corrected chi connectivity index (χ2v) is 4.53. The summed E-state index contributed by atoms with van der Waals surface area (Å²) in [6.45, 7) is 0. The Hall–Kier alpha value is -2.17. The van der Waals surface area contributed by atoms with Crippen LogP contribution in [0.5, 0.6) is 0 Å². The molecule has 1 heterocycles. The van der Waals surface area contributed by atoms with Gasteiger partial charge in [-0.1, -0.05) is 48.0 Å². The number of anilines is 1. The summed E-state index contributed by atoms with van der Waals surface area (Å²) in [6, 6.07) is 15.4. The fraction of sp³-hybridized carbons (Fsp3) is 0. The molecule has 0 spiro atoms. The molecule has 0 atom stereocenters. The highest BCUT2D eigenvalue weighted by atomic mass is 35.5. The van der Waals surface area contributed by atoms with Gasteiger partial charge >= 0.3 is 0 Å². The van der Waals surface area contributed by atoms with E-state index in [4.69, 9.17) is 17.4 Å². The monoisotopic (exact) mass is 270 g/mol. The molecule has 4 nitrogen and oxygen atoms in total. The summed E-state index contributed by atoms with van der Waals surface area (Å²) in [5, 5.41) is 11.0. The first-order chi connectivity index (χ1) is 9.29. The molecule has 0 aliphatic carbocycles. The number of halogens is 1. The van der Waals surface area contributed by atoms with Crippen molar-refractivity contribution in [2.24, 2.45) is 5.84 Å². The van der Waals surface area contributed by atoms with Crippen molar-refractivity contribution in [1.29, 1.82) is 0 Å². The lowest BCUT2D eigenvalue weighted by molar-refractivity contribution is 1.04. The number of nitrogen functional groups attached to an aromatic ring is 1. The normalized spacial score (nSPS) is 10.6. The number of nitrogens with one attached hydrogen (secondary N) is 1. The van der Waals surface area contributed by atoms with Gasteiger partial charge in [0.2, 0.25) is 0 Å². The number of nitrogens with zero attached hydrogens (tertiary/aromatic N) is 2. The van der Waals surface area contributed by atoms with Crippen LogP contribution in [0.25, 0.3) is 22.0 Å². The van der Waals surface area contributed by atoms with Crippen LogP contribution in [0.15, 0.2) is 48.5 Å². The molecule has 0 saturated heterocycles. The average Bonchev–Trinajstić information content (AvgIpc) is 2.47. The van der Waals surface area contributed by atoms with E-state index in [9.17, 15) is 0 Å². The van der Waals surface area contributed by atoms with E-state index in [0.717, 1.165) is 22.0 Å². The standard InChI is InChI=1S/C14H11ClN4/c15-10-7-5-9(6-8-10)13-11-3-1-2-4-12(11)14(17-16)19-18-13/h1-8H,16H2,(H,17,19). The van der Waals surface area contributed by atoms with Gasteiger partial charge in [0, 0.05) is 21.4 Å². The quantitative estimate of drug-likeness (QED) is 0.554. The van der Waals surface area contributed by atoms with Gasteiger partial charge in [-0.15, -0.1) is 10.2 Å². The second-order valence-electron chi connectivity index (χ2n) is 4.09. The molecule has 0 unspecified atom stereocenters. The molecule has 3 rings (SSSR count). The Balaban J connectivity index is 2.27. The number of hydrazine groups is 1. The first-order valence-electron chi connectivity index (χ1n) is 5.77. The van der Waals surface area contributed by atoms with Gasteiger partial charge in [0.05, 0.1) is 0 Å². The van der Waals surface area contributed by atoms with Crippen LogP contribution in [-0.2, 0) is 0 Å². The number of benzene rings is 2. The molecule has 2 aromatic carbocycles. The van der Waals surface area contributed by atoms with Crippen LogP contribution in [0.3, 0.4) is 0 Å². The molecule has 0 radical (unpaired) electrons. The minimum absolute atomic E-state index is 0.563. The van der Waals surface area contributed by atoms with E-state index in [1.807, 2.05) is 48.5 Å². The number of hydrogen-bond acceptors (Lipinski definition) is 4. The molecule has 0 bridgehead atoms. The van der Waals surface area contributed by atoms with Gasteiger partial charge in [0.25, 0.3) is 0 Å². The molecule has 0 aliphatic heterocycles. The van der Waals surface area contributed by atoms with Crippen LogP contribution in [-0.4, -0.2) is 10.2 Å². The van der Waals surface area contributed by atoms with Crippen LogP contribution in [0.1, 0.15) is 0 Å². The van der Waals surface area contributed by atoms with E-state index in [0.29, 0.717) is 10.8 Å². The summed E-state index contributed by atoms with van der Waals surface area (Å²) in [5.41, 5.74) is 4.34. The van der Waals surface area contributed by atoms with Crippen LogP contribution < -0.4 is 11.3 Å². The molecule has 19 heavy (non-hydrogen) atoms. The van der Waals surface area contributed by atoms with Gasteiger partial charge in [-0.2, -0.15) is 0 Å². The lowest BCUT2D eigenvalue weighted by Gasteiger charge is -2.08. The molecule has 0 aliphatic rings. The Kier molecular flexibility index (Phi) is 3.03. The zero-order chi connectivity index (χ0) is 13.2. The predicted octanol–water partition coefficient (Wildman–Crippen LogP) is 3.24. The van der Waals surface area contributed by atoms with Crippen molar-refractivity contribution in [3.05, 3.63) is 53.6 Å². The third-order valence-corrected chi connectivity index (χ3v) is 3.19. The second kappa shape index (κ2) is 4.84. The first kappa shape index (κ1) is 11.9. The number of rotatable bonds is 2. The molecule has 1 aromatic heterocycles. The van der Waals surface area contributed by atoms with E-state index >= 15 is 0 Å². The number of fused-ring (bicyclic) bond motifs is 1. The smallest absolute Gasteiger partial charge is 0.170 e. The van der Waals surface area contributed by atoms with Gasteiger partial charge in [-0.3, -0.25) is 0 Å². The van der Waals surface area contributed by atoms with E-state index < -0.39 is 0 Å². The molecule has 0 saturated carbocycles. The highest BCUT2D eigenvalue weighted by Crippen LogP contribution is 2.29. The van der Waals surface area contributed by atoms with Crippen molar-refractivity contribution >= 4 is 28.2 Å². The zero-order valence-corrected chi connectivity index (χ0v) is 10.7. The summed E-state index contributed by atoms with van der Waals surface area (Å²) >= 11 is 5.90. The first-order valence-corrected chi connectivity index (χ1v) is 6.15. The minimum atomic E-state index is 0.563. The van der Waals surface area contributed by atoms with E-state index in [-0.39, 0.29) is 0 Å². The largest absolute Gasteiger partial charge is 0.306 e. The Bertz CT molecular complexity index is 725. The molecule has 3 aromatic rings. The number of nitrogens with two attached hydrogens (primary N) is 1. The maximum absolute atomic E-state index is 5.90. The van der Waals surface area contributed by atoms with Crippen LogP contribution in [0.4, 0.5) is 5.82 Å². The molecule has 0 fully saturated rings. The molecular weight excluding hydrogens is 260 g/mol. The van der Waals surface area contributed by atoms with E-state index in [1.54, 1.807) is 0 Å². The maximum atomic E-state index is 5.90. The number of aromatic nitrogens is 2. The Morgan fingerprint density at radius 1 is 0.895 bits per heavy atom. The average molecular weight is 271 g/mol. The highest BCUT2D eigenvalue weighted by Gasteiger charge is 2.09. The Morgan fingerprint density at radius 2 is 1.58 bits per heavy atom. The van der Waals surface area contributed by atoms with E-state index in [1.165, 1.54) is 0 Å². The SMILES string of the molecule is NNc1nnc(-c2ccc(Cl)cc2)c2ccccc12. The molecule has 5 heteroatoms. The fourth-order valence-electron chi connectivity index (χ4n) is 2.03. The van der Waals surface area contributed by atoms with Gasteiger partial charge < -0.3 is 5.43 Å². The minimum Gasteiger partial charge on any atom is -0.306 e. The summed E-state index contributed by atoms with van der Waals surface area (Å²) < 4.78 is 0. The molecular formula is C14H11ClN4. The van der Waals surface area contributed by atoms with E-state index in [2.05, 4.69) is 15.6 Å². The van der Waals surface area contributed by atoms with Gasteiger partial charge in [0.15, 0.2) is 5.82 Å². The van der Waals surface area contributed by atoms with Gasteiger partial charge in [0.1, 0.15) is 5.69 Å². The van der Waals surface area contributed by atoms with Gasteiger partial charge in [-0.25, -0.2) is 5.84 Å².